The summed E-state index contributed by atoms with van der Waals surface area (Å²) in [6.45, 7) is 6.72. The molecule has 1 aromatic heterocycles. The molecular formula is C27H29N3O4. The molecule has 1 atom stereocenters. The van der Waals surface area contributed by atoms with Gasteiger partial charge in [-0.1, -0.05) is 39.0 Å². The van der Waals surface area contributed by atoms with Crippen LogP contribution in [0.5, 0.6) is 11.5 Å². The van der Waals surface area contributed by atoms with Gasteiger partial charge in [0.2, 0.25) is 0 Å². The fourth-order valence-electron chi connectivity index (χ4n) is 5.85. The number of aromatic nitrogens is 3. The molecule has 1 N–H and O–H groups in total. The molecule has 1 spiro atoms. The number of benzene rings is 2. The zero-order chi connectivity index (χ0) is 23.8. The summed E-state index contributed by atoms with van der Waals surface area (Å²) >= 11 is 0. The Kier molecular flexibility index (Phi) is 4.35. The SMILES string of the molecule is CC(C)(C)c1ccc(-n2c(=O)n3n(c2=O)C2C(=CC3)C3(CCCC3)Oc3cc(O)ccc32)cc1. The number of ether oxygens (including phenoxy) is 1. The van der Waals surface area contributed by atoms with Crippen LogP contribution in [0.25, 0.3) is 5.69 Å². The fraction of sp³-hybridized carbons (Fsp3) is 0.407. The Bertz CT molecular complexity index is 1440. The number of rotatable bonds is 1. The molecular weight excluding hydrogens is 430 g/mol. The molecule has 3 aromatic rings. The Morgan fingerprint density at radius 3 is 2.38 bits per heavy atom. The highest BCUT2D eigenvalue weighted by molar-refractivity contribution is 5.51. The lowest BCUT2D eigenvalue weighted by Gasteiger charge is -2.44. The van der Waals surface area contributed by atoms with Gasteiger partial charge in [-0.2, -0.15) is 0 Å². The average molecular weight is 460 g/mol. The number of phenols is 1. The van der Waals surface area contributed by atoms with E-state index in [1.807, 2.05) is 24.3 Å². The molecule has 0 radical (unpaired) electrons. The summed E-state index contributed by atoms with van der Waals surface area (Å²) in [6, 6.07) is 12.2. The molecule has 7 heteroatoms. The predicted octanol–water partition coefficient (Wildman–Crippen LogP) is 4.04. The lowest BCUT2D eigenvalue weighted by Crippen LogP contribution is -2.48. The van der Waals surface area contributed by atoms with Crippen LogP contribution in [0.1, 0.15) is 63.6 Å². The van der Waals surface area contributed by atoms with Crippen molar-refractivity contribution in [2.75, 3.05) is 0 Å². The number of fused-ring (bicyclic) bond motifs is 6. The van der Waals surface area contributed by atoms with Gasteiger partial charge in [-0.3, -0.25) is 0 Å². The third-order valence-electron chi connectivity index (χ3n) is 7.61. The molecule has 1 fully saturated rings. The van der Waals surface area contributed by atoms with Crippen molar-refractivity contribution in [3.05, 3.63) is 86.2 Å². The van der Waals surface area contributed by atoms with Crippen LogP contribution in [0, 0.1) is 0 Å². The van der Waals surface area contributed by atoms with E-state index >= 15 is 0 Å². The maximum absolute atomic E-state index is 13.8. The third kappa shape index (κ3) is 2.89. The number of allylic oxidation sites excluding steroid dienone is 1. The Labute approximate surface area is 197 Å². The lowest BCUT2D eigenvalue weighted by atomic mass is 9.79. The highest BCUT2D eigenvalue weighted by atomic mass is 16.5. The van der Waals surface area contributed by atoms with Gasteiger partial charge in [-0.25, -0.2) is 23.5 Å². The smallest absolute Gasteiger partial charge is 0.352 e. The van der Waals surface area contributed by atoms with Crippen molar-refractivity contribution in [3.63, 3.8) is 0 Å². The predicted molar refractivity (Wildman–Crippen MR) is 129 cm³/mol. The zero-order valence-corrected chi connectivity index (χ0v) is 19.7. The van der Waals surface area contributed by atoms with Gasteiger partial charge in [-0.05, 0) is 60.9 Å². The van der Waals surface area contributed by atoms with Gasteiger partial charge in [0.15, 0.2) is 0 Å². The topological polar surface area (TPSA) is 78.4 Å². The quantitative estimate of drug-likeness (QED) is 0.557. The van der Waals surface area contributed by atoms with Crippen LogP contribution < -0.4 is 16.1 Å². The van der Waals surface area contributed by atoms with Crippen LogP contribution in [-0.4, -0.2) is 24.6 Å². The molecule has 1 aliphatic carbocycles. The van der Waals surface area contributed by atoms with Gasteiger partial charge in [0.05, 0.1) is 12.2 Å². The molecule has 0 bridgehead atoms. The molecule has 3 heterocycles. The minimum atomic E-state index is -0.497. The van der Waals surface area contributed by atoms with Crippen LogP contribution in [0.4, 0.5) is 0 Å². The molecule has 0 saturated heterocycles. The Hall–Kier alpha value is -3.48. The van der Waals surface area contributed by atoms with Gasteiger partial charge in [0.25, 0.3) is 0 Å². The minimum Gasteiger partial charge on any atom is -0.508 e. The summed E-state index contributed by atoms with van der Waals surface area (Å²) in [4.78, 5) is 27.3. The number of aromatic hydroxyl groups is 1. The molecule has 176 valence electrons. The first kappa shape index (κ1) is 21.1. The van der Waals surface area contributed by atoms with E-state index in [0.717, 1.165) is 42.4 Å². The van der Waals surface area contributed by atoms with Gasteiger partial charge < -0.3 is 9.84 Å². The van der Waals surface area contributed by atoms with Gasteiger partial charge in [0.1, 0.15) is 23.1 Å². The zero-order valence-electron chi connectivity index (χ0n) is 19.7. The molecule has 6 rings (SSSR count). The summed E-state index contributed by atoms with van der Waals surface area (Å²) < 4.78 is 10.9. The summed E-state index contributed by atoms with van der Waals surface area (Å²) in [5, 5.41) is 10.1. The molecule has 7 nitrogen and oxygen atoms in total. The van der Waals surface area contributed by atoms with Crippen LogP contribution in [0.3, 0.4) is 0 Å². The first-order valence-corrected chi connectivity index (χ1v) is 12.0. The van der Waals surface area contributed by atoms with Crippen molar-refractivity contribution in [2.45, 2.75) is 70.1 Å². The summed E-state index contributed by atoms with van der Waals surface area (Å²) in [5.74, 6) is 0.704. The van der Waals surface area contributed by atoms with Crippen molar-refractivity contribution in [1.29, 1.82) is 0 Å². The van der Waals surface area contributed by atoms with Crippen molar-refractivity contribution in [2.24, 2.45) is 0 Å². The number of nitrogens with zero attached hydrogens (tertiary/aromatic N) is 3. The highest BCUT2D eigenvalue weighted by Crippen LogP contribution is 2.52. The van der Waals surface area contributed by atoms with E-state index in [0.29, 0.717) is 18.0 Å². The summed E-state index contributed by atoms with van der Waals surface area (Å²) in [6.07, 6.45) is 5.87. The number of hydrogen-bond acceptors (Lipinski definition) is 4. The Balaban J connectivity index is 1.55. The van der Waals surface area contributed by atoms with Crippen LogP contribution >= 0.6 is 0 Å². The van der Waals surface area contributed by atoms with E-state index in [-0.39, 0.29) is 22.5 Å². The molecule has 1 unspecified atom stereocenters. The van der Waals surface area contributed by atoms with Gasteiger partial charge in [-0.15, -0.1) is 0 Å². The average Bonchev–Trinajstić information content (AvgIpc) is 3.36. The van der Waals surface area contributed by atoms with E-state index < -0.39 is 11.6 Å². The molecule has 3 aliphatic rings. The second kappa shape index (κ2) is 7.01. The minimum absolute atomic E-state index is 0.0235. The molecule has 2 aliphatic heterocycles. The van der Waals surface area contributed by atoms with Gasteiger partial charge >= 0.3 is 11.4 Å². The van der Waals surface area contributed by atoms with Crippen LogP contribution in [0.15, 0.2) is 63.7 Å². The second-order valence-corrected chi connectivity index (χ2v) is 10.7. The van der Waals surface area contributed by atoms with Crippen molar-refractivity contribution >= 4 is 0 Å². The largest absolute Gasteiger partial charge is 0.508 e. The molecule has 0 amide bonds. The van der Waals surface area contributed by atoms with Gasteiger partial charge in [0, 0.05) is 17.2 Å². The molecule has 34 heavy (non-hydrogen) atoms. The number of phenolic OH excluding ortho intramolecular Hbond substituents is 1. The standard InChI is InChI=1S/C27H29N3O4/c1-26(2,3)17-6-8-18(9-7-17)29-24(32)28-15-12-21-23(30(28)25(29)33)20-11-10-19(31)16-22(20)34-27(21)13-4-5-14-27/h6-12,16,23,31H,4-5,13-15H2,1-3H3. The van der Waals surface area contributed by atoms with E-state index in [4.69, 9.17) is 4.74 Å². The monoisotopic (exact) mass is 459 g/mol. The number of hydrogen-bond donors (Lipinski definition) is 1. The van der Waals surface area contributed by atoms with Crippen molar-refractivity contribution in [1.82, 2.24) is 13.9 Å². The fourth-order valence-corrected chi connectivity index (χ4v) is 5.85. The maximum Gasteiger partial charge on any atom is 0.352 e. The highest BCUT2D eigenvalue weighted by Gasteiger charge is 2.50. The molecule has 2 aromatic carbocycles. The Morgan fingerprint density at radius 1 is 1.00 bits per heavy atom. The van der Waals surface area contributed by atoms with Crippen LogP contribution in [0.2, 0.25) is 0 Å². The summed E-state index contributed by atoms with van der Waals surface area (Å²) in [7, 11) is 0. The first-order chi connectivity index (χ1) is 16.2. The lowest BCUT2D eigenvalue weighted by molar-refractivity contribution is 0.0831. The van der Waals surface area contributed by atoms with Crippen molar-refractivity contribution in [3.8, 4) is 17.2 Å². The summed E-state index contributed by atoms with van der Waals surface area (Å²) in [5.41, 5.74) is 2.30. The second-order valence-electron chi connectivity index (χ2n) is 10.7. The van der Waals surface area contributed by atoms with E-state index in [1.165, 1.54) is 9.25 Å². The normalized spacial score (nSPS) is 20.3. The maximum atomic E-state index is 13.8. The Morgan fingerprint density at radius 2 is 1.71 bits per heavy atom. The first-order valence-electron chi connectivity index (χ1n) is 12.0. The van der Waals surface area contributed by atoms with Crippen molar-refractivity contribution < 1.29 is 9.84 Å². The van der Waals surface area contributed by atoms with Crippen LogP contribution in [-0.2, 0) is 12.0 Å². The third-order valence-corrected chi connectivity index (χ3v) is 7.61. The van der Waals surface area contributed by atoms with E-state index in [1.54, 1.807) is 22.9 Å². The van der Waals surface area contributed by atoms with E-state index in [2.05, 4.69) is 26.8 Å². The molecule has 1 saturated carbocycles. The van der Waals surface area contributed by atoms with E-state index in [9.17, 15) is 14.7 Å².